The predicted molar refractivity (Wildman–Crippen MR) is 96.6 cm³/mol. The number of aryl methyl sites for hydroxylation is 1. The summed E-state index contributed by atoms with van der Waals surface area (Å²) < 4.78 is 0. The van der Waals surface area contributed by atoms with Gasteiger partial charge >= 0.3 is 0 Å². The number of hydrogen-bond acceptors (Lipinski definition) is 0. The van der Waals surface area contributed by atoms with Gasteiger partial charge in [-0.25, -0.2) is 0 Å². The molecule has 0 atom stereocenters. The SMILES string of the molecule is C/C=C/C=C\C=C/c1ccc(C#Cc2ccc(C)cc2)cc1. The molecule has 0 radical (unpaired) electrons. The zero-order chi connectivity index (χ0) is 15.6. The van der Waals surface area contributed by atoms with Crippen molar-refractivity contribution in [3.63, 3.8) is 0 Å². The summed E-state index contributed by atoms with van der Waals surface area (Å²) in [7, 11) is 0. The van der Waals surface area contributed by atoms with Gasteiger partial charge in [0.2, 0.25) is 0 Å². The van der Waals surface area contributed by atoms with Gasteiger partial charge in [-0.05, 0) is 43.7 Å². The van der Waals surface area contributed by atoms with E-state index in [1.807, 2.05) is 37.3 Å². The Morgan fingerprint density at radius 3 is 1.82 bits per heavy atom. The van der Waals surface area contributed by atoms with Crippen LogP contribution in [0.2, 0.25) is 0 Å². The molecule has 0 aromatic heterocycles. The average Bonchev–Trinajstić information content (AvgIpc) is 2.55. The Bertz CT molecular complexity index is 727. The van der Waals surface area contributed by atoms with E-state index in [4.69, 9.17) is 0 Å². The summed E-state index contributed by atoms with van der Waals surface area (Å²) in [5.41, 5.74) is 4.50. The lowest BCUT2D eigenvalue weighted by molar-refractivity contribution is 1.46. The molecule has 0 fully saturated rings. The van der Waals surface area contributed by atoms with Gasteiger partial charge in [0.05, 0.1) is 0 Å². The van der Waals surface area contributed by atoms with Crippen LogP contribution in [0.3, 0.4) is 0 Å². The highest BCUT2D eigenvalue weighted by Gasteiger charge is 1.89. The number of hydrogen-bond donors (Lipinski definition) is 0. The molecule has 0 saturated heterocycles. The van der Waals surface area contributed by atoms with Gasteiger partial charge in [0.15, 0.2) is 0 Å². The minimum absolute atomic E-state index is 1.03. The Hall–Kier alpha value is -2.78. The van der Waals surface area contributed by atoms with Crippen LogP contribution in [-0.4, -0.2) is 0 Å². The maximum absolute atomic E-state index is 3.19. The first-order valence-electron chi connectivity index (χ1n) is 7.43. The predicted octanol–water partition coefficient (Wildman–Crippen LogP) is 5.54. The Morgan fingerprint density at radius 1 is 0.682 bits per heavy atom. The summed E-state index contributed by atoms with van der Waals surface area (Å²) in [6.07, 6.45) is 12.2. The Balaban J connectivity index is 2.02. The third-order valence-electron chi connectivity index (χ3n) is 3.13. The highest BCUT2D eigenvalue weighted by Crippen LogP contribution is 2.06. The molecule has 0 unspecified atom stereocenters. The van der Waals surface area contributed by atoms with Gasteiger partial charge < -0.3 is 0 Å². The van der Waals surface area contributed by atoms with E-state index in [2.05, 4.69) is 73.4 Å². The Labute approximate surface area is 133 Å². The molecule has 0 aliphatic rings. The van der Waals surface area contributed by atoms with Crippen LogP contribution in [0.1, 0.15) is 29.2 Å². The van der Waals surface area contributed by atoms with Crippen LogP contribution >= 0.6 is 0 Å². The fourth-order valence-electron chi connectivity index (χ4n) is 1.86. The van der Waals surface area contributed by atoms with E-state index < -0.39 is 0 Å². The van der Waals surface area contributed by atoms with Crippen LogP contribution in [0.25, 0.3) is 6.08 Å². The van der Waals surface area contributed by atoms with Crippen molar-refractivity contribution in [1.29, 1.82) is 0 Å². The molecule has 0 saturated carbocycles. The number of benzene rings is 2. The Kier molecular flexibility index (Phi) is 6.03. The second kappa shape index (κ2) is 8.49. The van der Waals surface area contributed by atoms with Crippen molar-refractivity contribution >= 4 is 6.08 Å². The summed E-state index contributed by atoms with van der Waals surface area (Å²) in [6.45, 7) is 4.08. The van der Waals surface area contributed by atoms with E-state index in [0.29, 0.717) is 0 Å². The van der Waals surface area contributed by atoms with E-state index in [0.717, 1.165) is 11.1 Å². The largest absolute Gasteiger partial charge is 0.0877 e. The molecule has 0 aliphatic carbocycles. The first kappa shape index (κ1) is 15.6. The second-order valence-electron chi connectivity index (χ2n) is 5.01. The summed E-state index contributed by atoms with van der Waals surface area (Å²) in [4.78, 5) is 0. The highest BCUT2D eigenvalue weighted by molar-refractivity contribution is 5.53. The summed E-state index contributed by atoms with van der Waals surface area (Å²) in [5.74, 6) is 6.38. The molecule has 0 N–H and O–H groups in total. The first-order chi connectivity index (χ1) is 10.8. The lowest BCUT2D eigenvalue weighted by Crippen LogP contribution is -1.78. The fraction of sp³-hybridized carbons (Fsp3) is 0.0909. The van der Waals surface area contributed by atoms with Crippen LogP contribution < -0.4 is 0 Å². The molecular formula is C22H20. The van der Waals surface area contributed by atoms with Gasteiger partial charge in [-0.3, -0.25) is 0 Å². The summed E-state index contributed by atoms with van der Waals surface area (Å²) >= 11 is 0. The van der Waals surface area contributed by atoms with Gasteiger partial charge in [0.1, 0.15) is 0 Å². The van der Waals surface area contributed by atoms with E-state index in [-0.39, 0.29) is 0 Å². The molecular weight excluding hydrogens is 264 g/mol. The molecule has 0 amide bonds. The lowest BCUT2D eigenvalue weighted by atomic mass is 10.1. The van der Waals surface area contributed by atoms with Crippen LogP contribution in [0.4, 0.5) is 0 Å². The lowest BCUT2D eigenvalue weighted by Gasteiger charge is -1.94. The zero-order valence-corrected chi connectivity index (χ0v) is 13.1. The molecule has 22 heavy (non-hydrogen) atoms. The molecule has 0 heteroatoms. The van der Waals surface area contributed by atoms with E-state index in [1.165, 1.54) is 11.1 Å². The molecule has 0 heterocycles. The molecule has 2 rings (SSSR count). The fourth-order valence-corrected chi connectivity index (χ4v) is 1.86. The zero-order valence-electron chi connectivity index (χ0n) is 13.1. The normalized spacial score (nSPS) is 11.2. The van der Waals surface area contributed by atoms with Crippen LogP contribution in [0, 0.1) is 18.8 Å². The topological polar surface area (TPSA) is 0 Å². The van der Waals surface area contributed by atoms with Crippen LogP contribution in [0.15, 0.2) is 78.9 Å². The van der Waals surface area contributed by atoms with E-state index >= 15 is 0 Å². The van der Waals surface area contributed by atoms with Crippen molar-refractivity contribution in [3.05, 3.63) is 101 Å². The summed E-state index contributed by atoms with van der Waals surface area (Å²) in [5, 5.41) is 0. The minimum atomic E-state index is 1.03. The molecule has 0 nitrogen and oxygen atoms in total. The third-order valence-corrected chi connectivity index (χ3v) is 3.13. The van der Waals surface area contributed by atoms with Crippen LogP contribution in [-0.2, 0) is 0 Å². The van der Waals surface area contributed by atoms with E-state index in [1.54, 1.807) is 0 Å². The van der Waals surface area contributed by atoms with Gasteiger partial charge in [-0.15, -0.1) is 0 Å². The van der Waals surface area contributed by atoms with Crippen LogP contribution in [0.5, 0.6) is 0 Å². The number of allylic oxidation sites excluding steroid dienone is 5. The van der Waals surface area contributed by atoms with Gasteiger partial charge in [0, 0.05) is 11.1 Å². The molecule has 2 aromatic rings. The second-order valence-corrected chi connectivity index (χ2v) is 5.01. The van der Waals surface area contributed by atoms with Crippen molar-refractivity contribution in [1.82, 2.24) is 0 Å². The van der Waals surface area contributed by atoms with Gasteiger partial charge in [-0.1, -0.05) is 78.1 Å². The standard InChI is InChI=1S/C22H20/c1-3-4-5-6-7-8-20-13-15-22(16-14-20)18-17-21-11-9-19(2)10-12-21/h3-16H,1-2H3/b4-3+,6-5-,8-7-. The van der Waals surface area contributed by atoms with Gasteiger partial charge in [0.25, 0.3) is 0 Å². The third kappa shape index (κ3) is 5.31. The van der Waals surface area contributed by atoms with Crippen molar-refractivity contribution in [2.75, 3.05) is 0 Å². The maximum Gasteiger partial charge on any atom is 0.0249 e. The highest BCUT2D eigenvalue weighted by atomic mass is 13.9. The van der Waals surface area contributed by atoms with Gasteiger partial charge in [-0.2, -0.15) is 0 Å². The average molecular weight is 284 g/mol. The number of rotatable bonds is 3. The molecule has 0 bridgehead atoms. The quantitative estimate of drug-likeness (QED) is 0.513. The smallest absolute Gasteiger partial charge is 0.0249 e. The molecule has 0 aliphatic heterocycles. The molecule has 2 aromatic carbocycles. The maximum atomic E-state index is 3.19. The Morgan fingerprint density at radius 2 is 1.23 bits per heavy atom. The van der Waals surface area contributed by atoms with Crippen molar-refractivity contribution in [2.24, 2.45) is 0 Å². The van der Waals surface area contributed by atoms with Crippen molar-refractivity contribution in [3.8, 4) is 11.8 Å². The minimum Gasteiger partial charge on any atom is -0.0877 e. The first-order valence-corrected chi connectivity index (χ1v) is 7.43. The summed E-state index contributed by atoms with van der Waals surface area (Å²) in [6, 6.07) is 16.5. The van der Waals surface area contributed by atoms with E-state index in [9.17, 15) is 0 Å². The monoisotopic (exact) mass is 284 g/mol. The molecule has 0 spiro atoms. The van der Waals surface area contributed by atoms with Crippen molar-refractivity contribution < 1.29 is 0 Å². The molecule has 108 valence electrons. The van der Waals surface area contributed by atoms with Crippen molar-refractivity contribution in [2.45, 2.75) is 13.8 Å².